The van der Waals surface area contributed by atoms with Gasteiger partial charge in [0.15, 0.2) is 0 Å². The summed E-state index contributed by atoms with van der Waals surface area (Å²) in [4.78, 5) is 10.1. The van der Waals surface area contributed by atoms with E-state index in [9.17, 15) is 4.79 Å². The van der Waals surface area contributed by atoms with Gasteiger partial charge in [-0.2, -0.15) is 0 Å². The van der Waals surface area contributed by atoms with Gasteiger partial charge >= 0.3 is 0 Å². The second-order valence-electron chi connectivity index (χ2n) is 2.63. The Morgan fingerprint density at radius 3 is 2.57 bits per heavy atom. The first kappa shape index (κ1) is 10.5. The van der Waals surface area contributed by atoms with Crippen LogP contribution in [-0.2, 0) is 9.53 Å². The van der Waals surface area contributed by atoms with E-state index in [4.69, 9.17) is 9.47 Å². The van der Waals surface area contributed by atoms with Crippen molar-refractivity contribution in [2.45, 2.75) is 0 Å². The molecule has 4 nitrogen and oxygen atoms in total. The van der Waals surface area contributed by atoms with Crippen molar-refractivity contribution in [2.24, 2.45) is 0 Å². The van der Waals surface area contributed by atoms with Crippen molar-refractivity contribution in [1.82, 2.24) is 0 Å². The fourth-order valence-electron chi connectivity index (χ4n) is 0.958. The molecule has 0 radical (unpaired) electrons. The van der Waals surface area contributed by atoms with Crippen LogP contribution in [0.2, 0.25) is 0 Å². The molecule has 1 N–H and O–H groups in total. The number of methoxy groups -OCH3 is 1. The molecule has 0 aliphatic rings. The first-order chi connectivity index (χ1) is 6.86. The Morgan fingerprint density at radius 1 is 1.29 bits per heavy atom. The average Bonchev–Trinajstić information content (AvgIpc) is 2.21. The third-order valence-electron chi connectivity index (χ3n) is 1.64. The van der Waals surface area contributed by atoms with E-state index in [0.29, 0.717) is 19.6 Å². The van der Waals surface area contributed by atoms with E-state index in [1.807, 2.05) is 0 Å². The van der Waals surface area contributed by atoms with E-state index in [0.717, 1.165) is 11.4 Å². The standard InChI is InChI=1S/C10H13NO3/c1-13-6-7-14-10-4-2-9(3-5-10)11-8-12/h2-5,8H,6-7H2,1H3,(H,11,12). The van der Waals surface area contributed by atoms with Crippen LogP contribution in [0, 0.1) is 0 Å². The van der Waals surface area contributed by atoms with E-state index < -0.39 is 0 Å². The van der Waals surface area contributed by atoms with E-state index in [1.54, 1.807) is 31.4 Å². The van der Waals surface area contributed by atoms with E-state index in [-0.39, 0.29) is 0 Å². The molecule has 0 unspecified atom stereocenters. The van der Waals surface area contributed by atoms with Crippen LogP contribution in [0.1, 0.15) is 0 Å². The zero-order valence-corrected chi connectivity index (χ0v) is 8.03. The number of anilines is 1. The lowest BCUT2D eigenvalue weighted by Gasteiger charge is -2.05. The number of amides is 1. The lowest BCUT2D eigenvalue weighted by molar-refractivity contribution is -0.105. The van der Waals surface area contributed by atoms with Crippen LogP contribution in [0.15, 0.2) is 24.3 Å². The van der Waals surface area contributed by atoms with Crippen LogP contribution in [0.4, 0.5) is 5.69 Å². The van der Waals surface area contributed by atoms with Gasteiger partial charge in [0.05, 0.1) is 6.61 Å². The van der Waals surface area contributed by atoms with Gasteiger partial charge in [-0.1, -0.05) is 0 Å². The number of nitrogens with one attached hydrogen (secondary N) is 1. The van der Waals surface area contributed by atoms with Crippen molar-refractivity contribution in [3.05, 3.63) is 24.3 Å². The molecule has 4 heteroatoms. The van der Waals surface area contributed by atoms with Gasteiger partial charge in [-0.05, 0) is 24.3 Å². The van der Waals surface area contributed by atoms with Crippen molar-refractivity contribution in [1.29, 1.82) is 0 Å². The van der Waals surface area contributed by atoms with Crippen LogP contribution in [-0.4, -0.2) is 26.7 Å². The van der Waals surface area contributed by atoms with E-state index in [2.05, 4.69) is 5.32 Å². The number of ether oxygens (including phenoxy) is 2. The normalized spacial score (nSPS) is 9.50. The largest absolute Gasteiger partial charge is 0.491 e. The summed E-state index contributed by atoms with van der Waals surface area (Å²) >= 11 is 0. The Hall–Kier alpha value is -1.55. The van der Waals surface area contributed by atoms with Crippen molar-refractivity contribution >= 4 is 12.1 Å². The second kappa shape index (κ2) is 5.99. The molecule has 0 heterocycles. The Kier molecular flexibility index (Phi) is 4.50. The number of rotatable bonds is 6. The fourth-order valence-corrected chi connectivity index (χ4v) is 0.958. The molecule has 0 bridgehead atoms. The van der Waals surface area contributed by atoms with Crippen LogP contribution < -0.4 is 10.1 Å². The summed E-state index contributed by atoms with van der Waals surface area (Å²) in [7, 11) is 1.63. The summed E-state index contributed by atoms with van der Waals surface area (Å²) in [6, 6.07) is 7.13. The van der Waals surface area contributed by atoms with Crippen molar-refractivity contribution in [3.63, 3.8) is 0 Å². The summed E-state index contributed by atoms with van der Waals surface area (Å²) in [5, 5.41) is 2.54. The van der Waals surface area contributed by atoms with Gasteiger partial charge < -0.3 is 14.8 Å². The minimum absolute atomic E-state index is 0.525. The molecule has 0 fully saturated rings. The van der Waals surface area contributed by atoms with Crippen LogP contribution in [0.25, 0.3) is 0 Å². The van der Waals surface area contributed by atoms with Gasteiger partial charge in [0.2, 0.25) is 6.41 Å². The highest BCUT2D eigenvalue weighted by Gasteiger charge is 1.93. The lowest BCUT2D eigenvalue weighted by Crippen LogP contribution is -2.04. The smallest absolute Gasteiger partial charge is 0.211 e. The van der Waals surface area contributed by atoms with Gasteiger partial charge in [0, 0.05) is 12.8 Å². The van der Waals surface area contributed by atoms with Gasteiger partial charge in [-0.25, -0.2) is 0 Å². The average molecular weight is 195 g/mol. The Morgan fingerprint density at radius 2 is 2.00 bits per heavy atom. The molecule has 0 saturated carbocycles. The third-order valence-corrected chi connectivity index (χ3v) is 1.64. The molecule has 0 atom stereocenters. The van der Waals surface area contributed by atoms with Gasteiger partial charge in [-0.15, -0.1) is 0 Å². The highest BCUT2D eigenvalue weighted by molar-refractivity contribution is 5.71. The molecule has 0 aliphatic carbocycles. The molecule has 0 saturated heterocycles. The van der Waals surface area contributed by atoms with Crippen LogP contribution in [0.5, 0.6) is 5.75 Å². The first-order valence-electron chi connectivity index (χ1n) is 4.29. The van der Waals surface area contributed by atoms with E-state index in [1.165, 1.54) is 0 Å². The molecule has 0 aliphatic heterocycles. The zero-order chi connectivity index (χ0) is 10.2. The summed E-state index contributed by atoms with van der Waals surface area (Å²) in [6.45, 7) is 1.09. The molecule has 1 rings (SSSR count). The Labute approximate surface area is 82.8 Å². The maximum atomic E-state index is 10.1. The SMILES string of the molecule is COCCOc1ccc(NC=O)cc1. The monoisotopic (exact) mass is 195 g/mol. The third kappa shape index (κ3) is 3.45. The number of carbonyl (C=O) groups excluding carboxylic acids is 1. The lowest BCUT2D eigenvalue weighted by atomic mass is 10.3. The predicted octanol–water partition coefficient (Wildman–Crippen LogP) is 1.28. The van der Waals surface area contributed by atoms with Crippen LogP contribution >= 0.6 is 0 Å². The fraction of sp³-hybridized carbons (Fsp3) is 0.300. The number of hydrogen-bond donors (Lipinski definition) is 1. The van der Waals surface area contributed by atoms with Gasteiger partial charge in [-0.3, -0.25) is 4.79 Å². The topological polar surface area (TPSA) is 47.6 Å². The highest BCUT2D eigenvalue weighted by atomic mass is 16.5. The quantitative estimate of drug-likeness (QED) is 0.549. The maximum absolute atomic E-state index is 10.1. The van der Waals surface area contributed by atoms with E-state index >= 15 is 0 Å². The summed E-state index contributed by atoms with van der Waals surface area (Å²) in [5.74, 6) is 0.762. The number of carbonyl (C=O) groups is 1. The Balaban J connectivity index is 2.42. The molecule has 0 spiro atoms. The molecule has 14 heavy (non-hydrogen) atoms. The van der Waals surface area contributed by atoms with Crippen molar-refractivity contribution in [3.8, 4) is 5.75 Å². The minimum atomic E-state index is 0.525. The summed E-state index contributed by atoms with van der Waals surface area (Å²) < 4.78 is 10.2. The predicted molar refractivity (Wildman–Crippen MR) is 53.5 cm³/mol. The molecule has 1 amide bonds. The number of benzene rings is 1. The van der Waals surface area contributed by atoms with Gasteiger partial charge in [0.25, 0.3) is 0 Å². The van der Waals surface area contributed by atoms with Crippen molar-refractivity contribution < 1.29 is 14.3 Å². The number of hydrogen-bond acceptors (Lipinski definition) is 3. The molecule has 1 aromatic rings. The molecular formula is C10H13NO3. The summed E-state index contributed by atoms with van der Waals surface area (Å²) in [6.07, 6.45) is 0.640. The maximum Gasteiger partial charge on any atom is 0.211 e. The van der Waals surface area contributed by atoms with Crippen LogP contribution in [0.3, 0.4) is 0 Å². The minimum Gasteiger partial charge on any atom is -0.491 e. The Bertz CT molecular complexity index is 271. The second-order valence-corrected chi connectivity index (χ2v) is 2.63. The highest BCUT2D eigenvalue weighted by Crippen LogP contribution is 2.14. The molecule has 76 valence electrons. The first-order valence-corrected chi connectivity index (χ1v) is 4.29. The van der Waals surface area contributed by atoms with Crippen molar-refractivity contribution in [2.75, 3.05) is 25.6 Å². The summed E-state index contributed by atoms with van der Waals surface area (Å²) in [5.41, 5.74) is 0.749. The van der Waals surface area contributed by atoms with Gasteiger partial charge in [0.1, 0.15) is 12.4 Å². The molecule has 1 aromatic carbocycles. The zero-order valence-electron chi connectivity index (χ0n) is 8.03. The molecular weight excluding hydrogens is 182 g/mol. The molecule has 0 aromatic heterocycles.